The molecule has 0 bridgehead atoms. The van der Waals surface area contributed by atoms with Crippen molar-refractivity contribution in [2.24, 2.45) is 0 Å². The molecule has 1 aliphatic heterocycles. The number of aryl methyl sites for hydroxylation is 3. The Balaban J connectivity index is 1.65. The molecule has 1 aliphatic rings. The van der Waals surface area contributed by atoms with E-state index in [0.29, 0.717) is 24.3 Å². The number of aromatic nitrogens is 2. The van der Waals surface area contributed by atoms with Crippen LogP contribution in [0.15, 0.2) is 81.4 Å². The van der Waals surface area contributed by atoms with Crippen LogP contribution in [0.3, 0.4) is 0 Å². The molecule has 2 aromatic heterocycles. The van der Waals surface area contributed by atoms with Gasteiger partial charge in [-0.2, -0.15) is 0 Å². The van der Waals surface area contributed by atoms with Gasteiger partial charge in [-0.15, -0.1) is 0 Å². The van der Waals surface area contributed by atoms with Crippen LogP contribution in [0, 0.1) is 6.92 Å². The Morgan fingerprint density at radius 1 is 1.03 bits per heavy atom. The Morgan fingerprint density at radius 2 is 1.79 bits per heavy atom. The van der Waals surface area contributed by atoms with Gasteiger partial charge in [-0.3, -0.25) is 9.78 Å². The molecular weight excluding hydrogens is 510 g/mol. The summed E-state index contributed by atoms with van der Waals surface area (Å²) in [5.41, 5.74) is 4.71. The van der Waals surface area contributed by atoms with E-state index in [1.807, 2.05) is 49.1 Å². The average Bonchev–Trinajstić information content (AvgIpc) is 3.14. The molecule has 39 heavy (non-hydrogen) atoms. The van der Waals surface area contributed by atoms with E-state index >= 15 is 0 Å². The fraction of sp³-hybridized carbons (Fsp3) is 0.290. The molecule has 7 nitrogen and oxygen atoms in total. The lowest BCUT2D eigenvalue weighted by Crippen LogP contribution is -2.26. The topological polar surface area (TPSA) is 103 Å². The van der Waals surface area contributed by atoms with Crippen molar-refractivity contribution in [2.45, 2.75) is 62.2 Å². The van der Waals surface area contributed by atoms with Crippen molar-refractivity contribution in [1.29, 1.82) is 0 Å². The predicted molar refractivity (Wildman–Crippen MR) is 154 cm³/mol. The molecule has 0 radical (unpaired) electrons. The van der Waals surface area contributed by atoms with Gasteiger partial charge in [-0.05, 0) is 74.4 Å². The zero-order valence-corrected chi connectivity index (χ0v) is 23.1. The monoisotopic (exact) mass is 543 g/mol. The minimum atomic E-state index is -4.33. The number of hydrogen-bond donors (Lipinski definition) is 2. The summed E-state index contributed by atoms with van der Waals surface area (Å²) in [6.07, 6.45) is 6.66. The van der Waals surface area contributed by atoms with Crippen molar-refractivity contribution in [3.8, 4) is 16.9 Å². The molecule has 8 heteroatoms. The summed E-state index contributed by atoms with van der Waals surface area (Å²) in [7, 11) is -4.33. The third kappa shape index (κ3) is 5.08. The number of unbranched alkanes of at least 4 members (excludes halogenated alkanes) is 1. The molecule has 0 spiro atoms. The number of nitrogens with zero attached hydrogens (tertiary/aromatic N) is 2. The zero-order chi connectivity index (χ0) is 27.6. The molecule has 0 atom stereocenters. The predicted octanol–water partition coefficient (Wildman–Crippen LogP) is 6.10. The van der Waals surface area contributed by atoms with Gasteiger partial charge in [0.1, 0.15) is 5.69 Å². The smallest absolute Gasteiger partial charge is 0.271 e. The molecule has 2 N–H and O–H groups in total. The number of pyridine rings is 2. The SMILES string of the molecule is CCCCc1[nH]c(=O)c(S(=O)(=O)c2ccc(-c3cccnc3C)cc2)c(O)c1N1CCCCc2ccccc21. The Bertz CT molecular complexity index is 1660. The van der Waals surface area contributed by atoms with E-state index in [1.165, 1.54) is 12.1 Å². The number of H-pyrrole nitrogens is 1. The van der Waals surface area contributed by atoms with E-state index in [0.717, 1.165) is 60.2 Å². The number of para-hydroxylation sites is 1. The summed E-state index contributed by atoms with van der Waals surface area (Å²) in [6.45, 7) is 4.54. The van der Waals surface area contributed by atoms with Crippen LogP contribution in [-0.4, -0.2) is 30.0 Å². The number of nitrogens with one attached hydrogen (secondary N) is 1. The second-order valence-electron chi connectivity index (χ2n) is 9.96. The van der Waals surface area contributed by atoms with Crippen LogP contribution in [0.4, 0.5) is 11.4 Å². The van der Waals surface area contributed by atoms with Crippen LogP contribution in [-0.2, 0) is 22.7 Å². The lowest BCUT2D eigenvalue weighted by molar-refractivity contribution is 0.454. The van der Waals surface area contributed by atoms with E-state index in [2.05, 4.69) is 16.0 Å². The standard InChI is InChI=1S/C31H33N3O4S/c1-3-4-13-26-28(34-20-8-7-11-23-10-5-6-14-27(23)34)29(35)30(31(36)33-26)39(37,38)24-17-15-22(16-18-24)25-12-9-19-32-21(25)2/h5-6,9-10,12,14-19H,3-4,7-8,11,13,20H2,1-2H3,(H2,33,35,36). The van der Waals surface area contributed by atoms with Crippen LogP contribution in [0.5, 0.6) is 5.75 Å². The number of rotatable bonds is 7. The van der Waals surface area contributed by atoms with Crippen LogP contribution >= 0.6 is 0 Å². The maximum atomic E-state index is 13.9. The molecule has 0 saturated carbocycles. The first-order chi connectivity index (χ1) is 18.8. The van der Waals surface area contributed by atoms with Gasteiger partial charge in [-0.1, -0.05) is 49.7 Å². The largest absolute Gasteiger partial charge is 0.504 e. The molecule has 0 aliphatic carbocycles. The molecule has 4 aromatic rings. The minimum Gasteiger partial charge on any atom is -0.504 e. The Labute approximate surface area is 229 Å². The molecule has 2 aromatic carbocycles. The fourth-order valence-corrected chi connectivity index (χ4v) is 6.71. The van der Waals surface area contributed by atoms with Crippen molar-refractivity contribution in [1.82, 2.24) is 9.97 Å². The first-order valence-electron chi connectivity index (χ1n) is 13.4. The highest BCUT2D eigenvalue weighted by atomic mass is 32.2. The number of aromatic amines is 1. The number of hydrogen-bond acceptors (Lipinski definition) is 6. The number of benzene rings is 2. The normalized spacial score (nSPS) is 13.6. The highest BCUT2D eigenvalue weighted by molar-refractivity contribution is 7.91. The maximum absolute atomic E-state index is 13.9. The van der Waals surface area contributed by atoms with Crippen LogP contribution in [0.25, 0.3) is 11.1 Å². The Kier molecular flexibility index (Phi) is 7.57. The van der Waals surface area contributed by atoms with Crippen LogP contribution in [0.1, 0.15) is 49.6 Å². The van der Waals surface area contributed by atoms with E-state index in [1.54, 1.807) is 18.3 Å². The number of aromatic hydroxyl groups is 1. The summed E-state index contributed by atoms with van der Waals surface area (Å²) >= 11 is 0. The van der Waals surface area contributed by atoms with Gasteiger partial charge in [0, 0.05) is 35.4 Å². The number of anilines is 2. The van der Waals surface area contributed by atoms with Crippen LogP contribution < -0.4 is 10.5 Å². The van der Waals surface area contributed by atoms with E-state index in [9.17, 15) is 18.3 Å². The van der Waals surface area contributed by atoms with Crippen molar-refractivity contribution >= 4 is 21.2 Å². The van der Waals surface area contributed by atoms with Gasteiger partial charge in [0.25, 0.3) is 5.56 Å². The average molecular weight is 544 g/mol. The lowest BCUT2D eigenvalue weighted by atomic mass is 10.1. The summed E-state index contributed by atoms with van der Waals surface area (Å²) in [5.74, 6) is -0.492. The lowest BCUT2D eigenvalue weighted by Gasteiger charge is -2.28. The summed E-state index contributed by atoms with van der Waals surface area (Å²) in [6, 6.07) is 18.1. The molecule has 0 fully saturated rings. The molecule has 202 valence electrons. The van der Waals surface area contributed by atoms with Gasteiger partial charge in [-0.25, -0.2) is 8.42 Å². The van der Waals surface area contributed by atoms with E-state index < -0.39 is 26.0 Å². The van der Waals surface area contributed by atoms with Crippen molar-refractivity contribution in [3.05, 3.63) is 94.2 Å². The second-order valence-corrected chi connectivity index (χ2v) is 11.9. The fourth-order valence-electron chi connectivity index (χ4n) is 5.33. The Morgan fingerprint density at radius 3 is 2.54 bits per heavy atom. The van der Waals surface area contributed by atoms with Gasteiger partial charge in [0.2, 0.25) is 9.84 Å². The van der Waals surface area contributed by atoms with Gasteiger partial charge < -0.3 is 15.0 Å². The molecular formula is C31H33N3O4S. The second kappa shape index (κ2) is 11.1. The quantitative estimate of drug-likeness (QED) is 0.292. The first kappa shape index (κ1) is 26.7. The van der Waals surface area contributed by atoms with Gasteiger partial charge >= 0.3 is 0 Å². The highest BCUT2D eigenvalue weighted by Gasteiger charge is 2.32. The molecule has 3 heterocycles. The van der Waals surface area contributed by atoms with Crippen molar-refractivity contribution in [2.75, 3.05) is 11.4 Å². The minimum absolute atomic E-state index is 0.0582. The van der Waals surface area contributed by atoms with Crippen molar-refractivity contribution in [3.63, 3.8) is 0 Å². The number of fused-ring (bicyclic) bond motifs is 1. The molecule has 0 saturated heterocycles. The summed E-state index contributed by atoms with van der Waals surface area (Å²) in [4.78, 5) is 21.8. The molecule has 5 rings (SSSR count). The first-order valence-corrected chi connectivity index (χ1v) is 14.9. The van der Waals surface area contributed by atoms with Gasteiger partial charge in [0.05, 0.1) is 4.90 Å². The number of sulfone groups is 1. The summed E-state index contributed by atoms with van der Waals surface area (Å²) in [5, 5.41) is 11.6. The molecule has 0 unspecified atom stereocenters. The Hall–Kier alpha value is -3.91. The van der Waals surface area contributed by atoms with E-state index in [4.69, 9.17) is 0 Å². The third-order valence-electron chi connectivity index (χ3n) is 7.36. The van der Waals surface area contributed by atoms with Crippen molar-refractivity contribution < 1.29 is 13.5 Å². The highest BCUT2D eigenvalue weighted by Crippen LogP contribution is 2.42. The maximum Gasteiger partial charge on any atom is 0.271 e. The van der Waals surface area contributed by atoms with Crippen LogP contribution in [0.2, 0.25) is 0 Å². The van der Waals surface area contributed by atoms with E-state index in [-0.39, 0.29) is 4.90 Å². The third-order valence-corrected chi connectivity index (χ3v) is 9.17. The zero-order valence-electron chi connectivity index (χ0n) is 22.3. The molecule has 0 amide bonds. The summed E-state index contributed by atoms with van der Waals surface area (Å²) < 4.78 is 27.7. The van der Waals surface area contributed by atoms with Gasteiger partial charge in [0.15, 0.2) is 10.6 Å².